The molecule has 0 saturated carbocycles. The van der Waals surface area contributed by atoms with Gasteiger partial charge < -0.3 is 9.47 Å². The van der Waals surface area contributed by atoms with Crippen molar-refractivity contribution in [3.63, 3.8) is 0 Å². The minimum Gasteiger partial charge on any atom is -0.493 e. The molecule has 3 aromatic rings. The maximum absolute atomic E-state index is 6.20. The summed E-state index contributed by atoms with van der Waals surface area (Å²) < 4.78 is 13.1. The monoisotopic (exact) mass is 442 g/mol. The third kappa shape index (κ3) is 4.62. The van der Waals surface area contributed by atoms with Crippen LogP contribution in [0.25, 0.3) is 0 Å². The van der Waals surface area contributed by atoms with Gasteiger partial charge in [0.25, 0.3) is 0 Å². The van der Waals surface area contributed by atoms with E-state index in [1.165, 1.54) is 11.0 Å². The molecule has 1 aromatic heterocycles. The highest BCUT2D eigenvalue weighted by Crippen LogP contribution is 2.34. The zero-order valence-corrected chi connectivity index (χ0v) is 17.0. The van der Waals surface area contributed by atoms with E-state index in [2.05, 4.69) is 15.3 Å². The number of H-pyrrole nitrogens is 1. The van der Waals surface area contributed by atoms with E-state index in [0.717, 1.165) is 5.56 Å². The second kappa shape index (κ2) is 8.75. The van der Waals surface area contributed by atoms with Gasteiger partial charge in [-0.2, -0.15) is 14.9 Å². The van der Waals surface area contributed by atoms with Gasteiger partial charge in [0, 0.05) is 10.6 Å². The summed E-state index contributed by atoms with van der Waals surface area (Å²) in [7, 11) is 1.55. The zero-order valence-electron chi connectivity index (χ0n) is 13.9. The average molecular weight is 444 g/mol. The number of rotatable bonds is 6. The van der Waals surface area contributed by atoms with Crippen molar-refractivity contribution in [2.75, 3.05) is 7.11 Å². The third-order valence-corrected chi connectivity index (χ3v) is 5.04. The number of methoxy groups -OCH3 is 1. The number of hydrogen-bond acceptors (Lipinski definition) is 5. The summed E-state index contributed by atoms with van der Waals surface area (Å²) >= 11 is 23.5. The highest BCUT2D eigenvalue weighted by atomic mass is 35.5. The van der Waals surface area contributed by atoms with Crippen LogP contribution >= 0.6 is 47.0 Å². The highest BCUT2D eigenvalue weighted by Gasteiger charge is 2.12. The molecule has 140 valence electrons. The molecule has 1 N–H and O–H groups in total. The molecule has 0 aliphatic carbocycles. The normalized spacial score (nSPS) is 11.1. The van der Waals surface area contributed by atoms with Gasteiger partial charge >= 0.3 is 0 Å². The van der Waals surface area contributed by atoms with Gasteiger partial charge in [0.05, 0.1) is 23.4 Å². The predicted molar refractivity (Wildman–Crippen MR) is 109 cm³/mol. The molecule has 0 aliphatic heterocycles. The number of hydrogen-bond donors (Lipinski definition) is 1. The lowest BCUT2D eigenvalue weighted by molar-refractivity contribution is 0.284. The Kier molecular flexibility index (Phi) is 6.38. The van der Waals surface area contributed by atoms with E-state index in [1.807, 2.05) is 6.07 Å². The number of nitrogens with zero attached hydrogens (tertiary/aromatic N) is 3. The van der Waals surface area contributed by atoms with Crippen LogP contribution in [0.2, 0.25) is 15.1 Å². The first-order valence-electron chi connectivity index (χ1n) is 7.59. The largest absolute Gasteiger partial charge is 0.493 e. The maximum Gasteiger partial charge on any atom is 0.216 e. The molecular weight excluding hydrogens is 431 g/mol. The third-order valence-electron chi connectivity index (χ3n) is 3.57. The molecule has 0 atom stereocenters. The Hall–Kier alpha value is -2.06. The molecule has 0 amide bonds. The first-order chi connectivity index (χ1) is 13.0. The van der Waals surface area contributed by atoms with E-state index in [4.69, 9.17) is 56.5 Å². The minimum atomic E-state index is 0.145. The number of ether oxygens (including phenoxy) is 2. The van der Waals surface area contributed by atoms with Crippen LogP contribution in [0.5, 0.6) is 11.5 Å². The van der Waals surface area contributed by atoms with Crippen LogP contribution in [-0.4, -0.2) is 28.2 Å². The standard InChI is InChI=1S/C17H13Cl3N4O2S/c1-25-15-6-10(7-22-24-9-21-23-17(24)27)2-5-14(15)26-8-11-12(18)3-4-13(19)16(11)20/h2-7,9H,8H2,1H3,(H,23,27)/b22-7+. The van der Waals surface area contributed by atoms with Crippen molar-refractivity contribution < 1.29 is 9.47 Å². The molecular formula is C17H13Cl3N4O2S. The summed E-state index contributed by atoms with van der Waals surface area (Å²) in [4.78, 5) is 0. The molecule has 2 aromatic carbocycles. The quantitative estimate of drug-likeness (QED) is 0.316. The predicted octanol–water partition coefficient (Wildman–Crippen LogP) is 5.37. The van der Waals surface area contributed by atoms with Crippen LogP contribution in [0.1, 0.15) is 11.1 Å². The zero-order chi connectivity index (χ0) is 19.4. The van der Waals surface area contributed by atoms with E-state index < -0.39 is 0 Å². The first kappa shape index (κ1) is 19.7. The smallest absolute Gasteiger partial charge is 0.216 e. The molecule has 10 heteroatoms. The van der Waals surface area contributed by atoms with Gasteiger partial charge in [-0.3, -0.25) is 5.10 Å². The summed E-state index contributed by atoms with van der Waals surface area (Å²) in [6.45, 7) is 0.145. The van der Waals surface area contributed by atoms with Gasteiger partial charge in [-0.05, 0) is 48.1 Å². The lowest BCUT2D eigenvalue weighted by Crippen LogP contribution is -2.00. The number of halogens is 3. The molecule has 0 spiro atoms. The Morgan fingerprint density at radius 3 is 2.67 bits per heavy atom. The van der Waals surface area contributed by atoms with Gasteiger partial charge in [-0.1, -0.05) is 34.8 Å². The SMILES string of the molecule is COc1cc(/C=N/n2cn[nH]c2=S)ccc1OCc1c(Cl)ccc(Cl)c1Cl. The maximum atomic E-state index is 6.20. The van der Waals surface area contributed by atoms with Crippen molar-refractivity contribution in [3.8, 4) is 11.5 Å². The fourth-order valence-corrected chi connectivity index (χ4v) is 2.99. The number of benzene rings is 2. The average Bonchev–Trinajstić information content (AvgIpc) is 3.08. The topological polar surface area (TPSA) is 64.4 Å². The molecule has 0 fully saturated rings. The fraction of sp³-hybridized carbons (Fsp3) is 0.118. The Morgan fingerprint density at radius 1 is 1.19 bits per heavy atom. The minimum absolute atomic E-state index is 0.145. The van der Waals surface area contributed by atoms with Crippen LogP contribution in [0.15, 0.2) is 41.8 Å². The van der Waals surface area contributed by atoms with Gasteiger partial charge in [0.1, 0.15) is 12.9 Å². The van der Waals surface area contributed by atoms with Crippen LogP contribution in [-0.2, 0) is 6.61 Å². The van der Waals surface area contributed by atoms with Gasteiger partial charge in [-0.15, -0.1) is 0 Å². The van der Waals surface area contributed by atoms with E-state index in [1.54, 1.807) is 37.6 Å². The molecule has 3 rings (SSSR count). The number of aromatic amines is 1. The number of nitrogens with one attached hydrogen (secondary N) is 1. The number of aromatic nitrogens is 3. The molecule has 0 unspecified atom stereocenters. The molecule has 0 aliphatic rings. The summed E-state index contributed by atoms with van der Waals surface area (Å²) in [5, 5.41) is 11.9. The van der Waals surface area contributed by atoms with Crippen molar-refractivity contribution >= 4 is 53.2 Å². The Bertz CT molecular complexity index is 1050. The van der Waals surface area contributed by atoms with Gasteiger partial charge in [0.2, 0.25) is 4.77 Å². The van der Waals surface area contributed by atoms with Crippen LogP contribution < -0.4 is 9.47 Å². The van der Waals surface area contributed by atoms with Crippen LogP contribution in [0.4, 0.5) is 0 Å². The van der Waals surface area contributed by atoms with Crippen molar-refractivity contribution in [2.45, 2.75) is 6.61 Å². The molecule has 1 heterocycles. The second-order valence-electron chi connectivity index (χ2n) is 5.27. The molecule has 6 nitrogen and oxygen atoms in total. The van der Waals surface area contributed by atoms with Crippen molar-refractivity contribution in [1.29, 1.82) is 0 Å². The van der Waals surface area contributed by atoms with Crippen LogP contribution in [0, 0.1) is 4.77 Å². The summed E-state index contributed by atoms with van der Waals surface area (Å²) in [5.74, 6) is 1.06. The Morgan fingerprint density at radius 2 is 1.96 bits per heavy atom. The van der Waals surface area contributed by atoms with Gasteiger partial charge in [-0.25, -0.2) is 0 Å². The molecule has 0 saturated heterocycles. The summed E-state index contributed by atoms with van der Waals surface area (Å²) in [6.07, 6.45) is 3.11. The van der Waals surface area contributed by atoms with E-state index >= 15 is 0 Å². The fourth-order valence-electron chi connectivity index (χ4n) is 2.19. The van der Waals surface area contributed by atoms with Crippen molar-refractivity contribution in [3.05, 3.63) is 67.6 Å². The first-order valence-corrected chi connectivity index (χ1v) is 9.13. The van der Waals surface area contributed by atoms with Crippen LogP contribution in [0.3, 0.4) is 0 Å². The molecule has 0 bridgehead atoms. The Labute approximate surface area is 175 Å². The summed E-state index contributed by atoms with van der Waals surface area (Å²) in [6, 6.07) is 8.68. The molecule has 0 radical (unpaired) electrons. The van der Waals surface area contributed by atoms with Crippen molar-refractivity contribution in [2.24, 2.45) is 5.10 Å². The van der Waals surface area contributed by atoms with Crippen molar-refractivity contribution in [1.82, 2.24) is 14.9 Å². The lowest BCUT2D eigenvalue weighted by atomic mass is 10.2. The van der Waals surface area contributed by atoms with Gasteiger partial charge in [0.15, 0.2) is 11.5 Å². The lowest BCUT2D eigenvalue weighted by Gasteiger charge is -2.13. The Balaban J connectivity index is 1.79. The second-order valence-corrected chi connectivity index (χ2v) is 6.85. The van der Waals surface area contributed by atoms with E-state index in [-0.39, 0.29) is 6.61 Å². The highest BCUT2D eigenvalue weighted by molar-refractivity contribution is 7.71. The van der Waals surface area contributed by atoms with E-state index in [0.29, 0.717) is 36.9 Å². The summed E-state index contributed by atoms with van der Waals surface area (Å²) in [5.41, 5.74) is 1.40. The van der Waals surface area contributed by atoms with E-state index in [9.17, 15) is 0 Å². The molecule has 27 heavy (non-hydrogen) atoms.